The van der Waals surface area contributed by atoms with Crippen molar-refractivity contribution in [1.29, 1.82) is 0 Å². The largest absolute Gasteiger partial charge is 0.363 e. The molecule has 0 saturated carbocycles. The summed E-state index contributed by atoms with van der Waals surface area (Å²) in [7, 11) is -2.29. The molecule has 0 aliphatic carbocycles. The zero-order chi connectivity index (χ0) is 21.1. The molecule has 0 saturated heterocycles. The molecule has 6 nitrogen and oxygen atoms in total. The van der Waals surface area contributed by atoms with Gasteiger partial charge in [-0.25, -0.2) is 22.7 Å². The van der Waals surface area contributed by atoms with Gasteiger partial charge in [0.15, 0.2) is 11.6 Å². The molecule has 1 heterocycles. The number of nitrogens with one attached hydrogen (secondary N) is 1. The molecule has 0 unspecified atom stereocenters. The SMILES string of the molecule is Cc1ccc(S(=O)(=O)N(C)c2nc3ccccc3nc2NCc2ccccc2)cc1. The Balaban J connectivity index is 1.76. The standard InChI is InChI=1S/C23H22N4O2S/c1-17-12-14-19(15-13-17)30(28,29)27(2)23-22(24-16-18-8-4-3-5-9-18)25-20-10-6-7-11-21(20)26-23/h3-15H,16H2,1-2H3,(H,24,25). The van der Waals surface area contributed by atoms with Gasteiger partial charge in [-0.1, -0.05) is 60.2 Å². The number of hydrogen-bond donors (Lipinski definition) is 1. The van der Waals surface area contributed by atoms with E-state index in [1.807, 2.05) is 61.5 Å². The normalized spacial score (nSPS) is 11.4. The zero-order valence-corrected chi connectivity index (χ0v) is 17.6. The Labute approximate surface area is 176 Å². The molecule has 3 aromatic carbocycles. The minimum absolute atomic E-state index is 0.208. The van der Waals surface area contributed by atoms with Gasteiger partial charge in [-0.2, -0.15) is 0 Å². The van der Waals surface area contributed by atoms with Crippen LogP contribution in [0.1, 0.15) is 11.1 Å². The molecule has 30 heavy (non-hydrogen) atoms. The Bertz CT molecular complexity index is 1270. The number of nitrogens with zero attached hydrogens (tertiary/aromatic N) is 3. The van der Waals surface area contributed by atoms with E-state index < -0.39 is 10.0 Å². The maximum absolute atomic E-state index is 13.2. The van der Waals surface area contributed by atoms with Crippen LogP contribution >= 0.6 is 0 Å². The molecule has 0 spiro atoms. The van der Waals surface area contributed by atoms with Crippen molar-refractivity contribution < 1.29 is 8.42 Å². The molecular formula is C23H22N4O2S. The molecule has 0 aliphatic rings. The topological polar surface area (TPSA) is 75.2 Å². The summed E-state index contributed by atoms with van der Waals surface area (Å²) >= 11 is 0. The van der Waals surface area contributed by atoms with Crippen molar-refractivity contribution in [3.8, 4) is 0 Å². The van der Waals surface area contributed by atoms with Crippen LogP contribution in [0.3, 0.4) is 0 Å². The molecule has 1 N–H and O–H groups in total. The number of rotatable bonds is 6. The first-order valence-corrected chi connectivity index (χ1v) is 11.0. The van der Waals surface area contributed by atoms with Crippen LogP contribution in [0.25, 0.3) is 11.0 Å². The third-order valence-electron chi connectivity index (χ3n) is 4.83. The molecule has 152 valence electrons. The van der Waals surface area contributed by atoms with Gasteiger partial charge in [-0.3, -0.25) is 0 Å². The predicted molar refractivity (Wildman–Crippen MR) is 120 cm³/mol. The summed E-state index contributed by atoms with van der Waals surface area (Å²) in [4.78, 5) is 9.48. The van der Waals surface area contributed by atoms with Gasteiger partial charge in [0.25, 0.3) is 10.0 Å². The third kappa shape index (κ3) is 3.97. The fourth-order valence-electron chi connectivity index (χ4n) is 3.09. The fraction of sp³-hybridized carbons (Fsp3) is 0.130. The minimum atomic E-state index is -3.79. The van der Waals surface area contributed by atoms with Crippen molar-refractivity contribution >= 4 is 32.7 Å². The maximum atomic E-state index is 13.2. The van der Waals surface area contributed by atoms with E-state index in [4.69, 9.17) is 0 Å². The summed E-state index contributed by atoms with van der Waals surface area (Å²) in [6, 6.07) is 24.0. The van der Waals surface area contributed by atoms with E-state index in [1.54, 1.807) is 24.3 Å². The first kappa shape index (κ1) is 19.8. The summed E-state index contributed by atoms with van der Waals surface area (Å²) in [5.41, 5.74) is 3.37. The smallest absolute Gasteiger partial charge is 0.265 e. The minimum Gasteiger partial charge on any atom is -0.363 e. The van der Waals surface area contributed by atoms with Gasteiger partial charge in [0.05, 0.1) is 15.9 Å². The van der Waals surface area contributed by atoms with Crippen molar-refractivity contribution in [3.63, 3.8) is 0 Å². The Hall–Kier alpha value is -3.45. The van der Waals surface area contributed by atoms with Crippen LogP contribution in [-0.2, 0) is 16.6 Å². The van der Waals surface area contributed by atoms with Crippen molar-refractivity contribution in [3.05, 3.63) is 90.0 Å². The van der Waals surface area contributed by atoms with Gasteiger partial charge in [0, 0.05) is 13.6 Å². The zero-order valence-electron chi connectivity index (χ0n) is 16.8. The molecule has 0 radical (unpaired) electrons. The van der Waals surface area contributed by atoms with Gasteiger partial charge in [-0.15, -0.1) is 0 Å². The van der Waals surface area contributed by atoms with E-state index in [-0.39, 0.29) is 10.7 Å². The second kappa shape index (κ2) is 8.12. The number of aryl methyl sites for hydroxylation is 1. The lowest BCUT2D eigenvalue weighted by molar-refractivity contribution is 0.594. The molecular weight excluding hydrogens is 396 g/mol. The number of sulfonamides is 1. The number of benzene rings is 3. The van der Waals surface area contributed by atoms with Crippen LogP contribution < -0.4 is 9.62 Å². The fourth-order valence-corrected chi connectivity index (χ4v) is 4.24. The summed E-state index contributed by atoms with van der Waals surface area (Å²) in [5.74, 6) is 0.668. The highest BCUT2D eigenvalue weighted by atomic mass is 32.2. The number of anilines is 2. The Morgan fingerprint density at radius 2 is 1.43 bits per heavy atom. The van der Waals surface area contributed by atoms with Gasteiger partial charge in [0.2, 0.25) is 0 Å². The van der Waals surface area contributed by atoms with Gasteiger partial charge >= 0.3 is 0 Å². The highest BCUT2D eigenvalue weighted by molar-refractivity contribution is 7.92. The lowest BCUT2D eigenvalue weighted by atomic mass is 10.2. The van der Waals surface area contributed by atoms with Gasteiger partial charge in [-0.05, 0) is 36.8 Å². The summed E-state index contributed by atoms with van der Waals surface area (Å²) in [6.07, 6.45) is 0. The molecule has 1 aromatic heterocycles. The van der Waals surface area contributed by atoms with Crippen LogP contribution in [0.2, 0.25) is 0 Å². The van der Waals surface area contributed by atoms with E-state index in [9.17, 15) is 8.42 Å². The van der Waals surface area contributed by atoms with Gasteiger partial charge < -0.3 is 5.32 Å². The van der Waals surface area contributed by atoms with Crippen LogP contribution in [0, 0.1) is 6.92 Å². The van der Waals surface area contributed by atoms with Crippen LogP contribution in [-0.4, -0.2) is 25.4 Å². The van der Waals surface area contributed by atoms with E-state index in [0.717, 1.165) is 11.1 Å². The first-order valence-electron chi connectivity index (χ1n) is 9.55. The van der Waals surface area contributed by atoms with E-state index in [1.165, 1.54) is 11.4 Å². The second-order valence-corrected chi connectivity index (χ2v) is 8.98. The number of aromatic nitrogens is 2. The lowest BCUT2D eigenvalue weighted by Gasteiger charge is -2.22. The average Bonchev–Trinajstić information content (AvgIpc) is 2.77. The van der Waals surface area contributed by atoms with Crippen LogP contribution in [0.5, 0.6) is 0 Å². The highest BCUT2D eigenvalue weighted by Gasteiger charge is 2.25. The molecule has 0 aliphatic heterocycles. The molecule has 4 rings (SSSR count). The Morgan fingerprint density at radius 1 is 0.833 bits per heavy atom. The quantitative estimate of drug-likeness (QED) is 0.503. The van der Waals surface area contributed by atoms with Gasteiger partial charge in [0.1, 0.15) is 0 Å². The molecule has 0 atom stereocenters. The number of hydrogen-bond acceptors (Lipinski definition) is 5. The van der Waals surface area contributed by atoms with Crippen molar-refractivity contribution in [1.82, 2.24) is 9.97 Å². The summed E-state index contributed by atoms with van der Waals surface area (Å²) in [6.45, 7) is 2.42. The number of para-hydroxylation sites is 2. The maximum Gasteiger partial charge on any atom is 0.265 e. The van der Waals surface area contributed by atoms with E-state index >= 15 is 0 Å². The first-order chi connectivity index (χ1) is 14.4. The average molecular weight is 419 g/mol. The third-order valence-corrected chi connectivity index (χ3v) is 6.59. The summed E-state index contributed by atoms with van der Waals surface area (Å²) in [5, 5.41) is 3.26. The predicted octanol–water partition coefficient (Wildman–Crippen LogP) is 4.38. The van der Waals surface area contributed by atoms with Crippen molar-refractivity contribution in [2.45, 2.75) is 18.4 Å². The van der Waals surface area contributed by atoms with Crippen LogP contribution in [0.4, 0.5) is 11.6 Å². The Morgan fingerprint density at radius 3 is 2.10 bits per heavy atom. The van der Waals surface area contributed by atoms with E-state index in [2.05, 4.69) is 15.3 Å². The summed E-state index contributed by atoms with van der Waals surface area (Å²) < 4.78 is 27.7. The molecule has 0 fully saturated rings. The van der Waals surface area contributed by atoms with Crippen molar-refractivity contribution in [2.75, 3.05) is 16.7 Å². The second-order valence-electron chi connectivity index (χ2n) is 7.01. The monoisotopic (exact) mass is 418 g/mol. The van der Waals surface area contributed by atoms with E-state index in [0.29, 0.717) is 23.4 Å². The molecule has 0 amide bonds. The lowest BCUT2D eigenvalue weighted by Crippen LogP contribution is -2.28. The highest BCUT2D eigenvalue weighted by Crippen LogP contribution is 2.29. The van der Waals surface area contributed by atoms with Crippen LogP contribution in [0.15, 0.2) is 83.8 Å². The molecule has 0 bridgehead atoms. The van der Waals surface area contributed by atoms with Crippen molar-refractivity contribution in [2.24, 2.45) is 0 Å². The Kier molecular flexibility index (Phi) is 5.37. The number of fused-ring (bicyclic) bond motifs is 1. The molecule has 4 aromatic rings. The molecule has 7 heteroatoms.